The summed E-state index contributed by atoms with van der Waals surface area (Å²) in [5.41, 5.74) is 0.0834. The van der Waals surface area contributed by atoms with Gasteiger partial charge in [0.05, 0.1) is 10.7 Å². The summed E-state index contributed by atoms with van der Waals surface area (Å²) in [5, 5.41) is 2.66. The largest absolute Gasteiger partial charge is 0.372 e. The number of sulfonamides is 1. The first-order chi connectivity index (χ1) is 9.83. The first kappa shape index (κ1) is 16.0. The third-order valence-corrected chi connectivity index (χ3v) is 4.65. The molecule has 5 nitrogen and oxygen atoms in total. The monoisotopic (exact) mass is 393 g/mol. The van der Waals surface area contributed by atoms with Crippen molar-refractivity contribution in [3.05, 3.63) is 45.8 Å². The van der Waals surface area contributed by atoms with Crippen LogP contribution in [0.4, 0.5) is 15.9 Å². The van der Waals surface area contributed by atoms with Gasteiger partial charge in [-0.2, -0.15) is 0 Å². The van der Waals surface area contributed by atoms with E-state index in [2.05, 4.69) is 31.0 Å². The normalized spacial score (nSPS) is 11.2. The molecule has 21 heavy (non-hydrogen) atoms. The molecule has 9 heteroatoms. The summed E-state index contributed by atoms with van der Waals surface area (Å²) < 4.78 is 40.6. The molecule has 2 N–H and O–H groups in total. The maximum Gasteiger partial charge on any atom is 0.265 e. The van der Waals surface area contributed by atoms with Crippen LogP contribution in [0, 0.1) is 5.82 Å². The van der Waals surface area contributed by atoms with E-state index in [0.29, 0.717) is 4.47 Å². The molecule has 0 saturated heterocycles. The third kappa shape index (κ3) is 3.63. The summed E-state index contributed by atoms with van der Waals surface area (Å²) in [4.78, 5) is 3.92. The molecule has 0 atom stereocenters. The van der Waals surface area contributed by atoms with E-state index in [4.69, 9.17) is 11.6 Å². The van der Waals surface area contributed by atoms with E-state index in [1.165, 1.54) is 18.3 Å². The average molecular weight is 395 g/mol. The summed E-state index contributed by atoms with van der Waals surface area (Å²) in [7, 11) is -2.37. The predicted octanol–water partition coefficient (Wildman–Crippen LogP) is 3.48. The fourth-order valence-electron chi connectivity index (χ4n) is 1.59. The van der Waals surface area contributed by atoms with Gasteiger partial charge in [-0.1, -0.05) is 11.6 Å². The van der Waals surface area contributed by atoms with Gasteiger partial charge < -0.3 is 5.32 Å². The number of nitrogens with zero attached hydrogens (tertiary/aromatic N) is 1. The van der Waals surface area contributed by atoms with Crippen molar-refractivity contribution in [2.75, 3.05) is 17.1 Å². The Hall–Kier alpha value is -1.38. The van der Waals surface area contributed by atoms with Gasteiger partial charge in [-0.15, -0.1) is 0 Å². The van der Waals surface area contributed by atoms with Gasteiger partial charge in [-0.05, 0) is 40.2 Å². The minimum Gasteiger partial charge on any atom is -0.372 e. The van der Waals surface area contributed by atoms with Gasteiger partial charge in [0, 0.05) is 17.7 Å². The van der Waals surface area contributed by atoms with Crippen LogP contribution in [0.15, 0.2) is 39.8 Å². The van der Waals surface area contributed by atoms with Crippen LogP contribution >= 0.6 is 27.5 Å². The standard InChI is InChI=1S/C12H10BrClFN3O2S/c1-16-12-11(4-7(13)6-17-12)21(19,20)18-10-3-2-8(15)5-9(10)14/h2-6,18H,1H3,(H,16,17). The van der Waals surface area contributed by atoms with Crippen molar-refractivity contribution < 1.29 is 12.8 Å². The molecule has 0 aliphatic heterocycles. The number of aromatic nitrogens is 1. The zero-order chi connectivity index (χ0) is 15.6. The topological polar surface area (TPSA) is 71.1 Å². The number of anilines is 2. The van der Waals surface area contributed by atoms with Crippen molar-refractivity contribution in [1.82, 2.24) is 4.98 Å². The highest BCUT2D eigenvalue weighted by Crippen LogP contribution is 2.28. The molecule has 1 aromatic heterocycles. The Balaban J connectivity index is 2.45. The molecular weight excluding hydrogens is 385 g/mol. The van der Waals surface area contributed by atoms with E-state index in [0.717, 1.165) is 12.1 Å². The van der Waals surface area contributed by atoms with Crippen LogP contribution in [-0.2, 0) is 10.0 Å². The molecule has 0 spiro atoms. The Morgan fingerprint density at radius 3 is 2.67 bits per heavy atom. The number of halogens is 3. The van der Waals surface area contributed by atoms with Gasteiger partial charge in [0.25, 0.3) is 10.0 Å². The van der Waals surface area contributed by atoms with Gasteiger partial charge in [0.1, 0.15) is 16.5 Å². The minimum atomic E-state index is -3.93. The lowest BCUT2D eigenvalue weighted by Crippen LogP contribution is -2.16. The SMILES string of the molecule is CNc1ncc(Br)cc1S(=O)(=O)Nc1ccc(F)cc1Cl. The molecule has 1 aromatic carbocycles. The van der Waals surface area contributed by atoms with Crippen LogP contribution in [0.1, 0.15) is 0 Å². The summed E-state index contributed by atoms with van der Waals surface area (Å²) in [6.45, 7) is 0. The maximum absolute atomic E-state index is 13.0. The minimum absolute atomic E-state index is 0.0347. The molecule has 0 bridgehead atoms. The summed E-state index contributed by atoms with van der Waals surface area (Å²) >= 11 is 8.99. The van der Waals surface area contributed by atoms with E-state index in [9.17, 15) is 12.8 Å². The predicted molar refractivity (Wildman–Crippen MR) is 83.7 cm³/mol. The number of pyridine rings is 1. The molecule has 0 radical (unpaired) electrons. The second-order valence-electron chi connectivity index (χ2n) is 3.98. The summed E-state index contributed by atoms with van der Waals surface area (Å²) in [6.07, 6.45) is 1.47. The van der Waals surface area contributed by atoms with Gasteiger partial charge in [0.2, 0.25) is 0 Å². The van der Waals surface area contributed by atoms with E-state index in [1.54, 1.807) is 7.05 Å². The van der Waals surface area contributed by atoms with Crippen molar-refractivity contribution >= 4 is 49.1 Å². The van der Waals surface area contributed by atoms with Crippen LogP contribution in [0.25, 0.3) is 0 Å². The molecule has 0 aliphatic carbocycles. The molecular formula is C12H10BrClFN3O2S. The number of hydrogen-bond acceptors (Lipinski definition) is 4. The number of hydrogen-bond donors (Lipinski definition) is 2. The highest BCUT2D eigenvalue weighted by Gasteiger charge is 2.21. The van der Waals surface area contributed by atoms with Crippen molar-refractivity contribution in [2.45, 2.75) is 4.90 Å². The third-order valence-electron chi connectivity index (χ3n) is 2.52. The Bertz CT molecular complexity index is 786. The Labute approximate surface area is 134 Å². The Kier molecular flexibility index (Phi) is 4.70. The van der Waals surface area contributed by atoms with Crippen LogP contribution in [-0.4, -0.2) is 20.4 Å². The van der Waals surface area contributed by atoms with Gasteiger partial charge in [0.15, 0.2) is 0 Å². The van der Waals surface area contributed by atoms with Crippen LogP contribution in [0.3, 0.4) is 0 Å². The maximum atomic E-state index is 13.0. The Morgan fingerprint density at radius 1 is 1.33 bits per heavy atom. The molecule has 0 aliphatic rings. The van der Waals surface area contributed by atoms with Gasteiger partial charge in [-0.3, -0.25) is 4.72 Å². The summed E-state index contributed by atoms with van der Waals surface area (Å²) in [6, 6.07) is 4.79. The van der Waals surface area contributed by atoms with Crippen molar-refractivity contribution in [3.8, 4) is 0 Å². The number of rotatable bonds is 4. The Morgan fingerprint density at radius 2 is 2.05 bits per heavy atom. The lowest BCUT2D eigenvalue weighted by molar-refractivity contribution is 0.601. The molecule has 2 aromatic rings. The first-order valence-corrected chi connectivity index (χ1v) is 8.30. The van der Waals surface area contributed by atoms with E-state index in [-0.39, 0.29) is 21.4 Å². The second-order valence-corrected chi connectivity index (χ2v) is 6.95. The zero-order valence-electron chi connectivity index (χ0n) is 10.7. The molecule has 112 valence electrons. The highest BCUT2D eigenvalue weighted by molar-refractivity contribution is 9.10. The lowest BCUT2D eigenvalue weighted by atomic mass is 10.3. The molecule has 1 heterocycles. The average Bonchev–Trinajstić information content (AvgIpc) is 2.42. The highest BCUT2D eigenvalue weighted by atomic mass is 79.9. The number of benzene rings is 1. The fraction of sp³-hybridized carbons (Fsp3) is 0.0833. The van der Waals surface area contributed by atoms with Crippen molar-refractivity contribution in [3.63, 3.8) is 0 Å². The van der Waals surface area contributed by atoms with Crippen molar-refractivity contribution in [2.24, 2.45) is 0 Å². The van der Waals surface area contributed by atoms with E-state index >= 15 is 0 Å². The molecule has 0 fully saturated rings. The van der Waals surface area contributed by atoms with Crippen LogP contribution < -0.4 is 10.0 Å². The first-order valence-electron chi connectivity index (χ1n) is 5.64. The van der Waals surface area contributed by atoms with E-state index < -0.39 is 15.8 Å². The second kappa shape index (κ2) is 6.17. The summed E-state index contributed by atoms with van der Waals surface area (Å²) in [5.74, 6) is -0.369. The van der Waals surface area contributed by atoms with Crippen molar-refractivity contribution in [1.29, 1.82) is 0 Å². The van der Waals surface area contributed by atoms with Gasteiger partial charge >= 0.3 is 0 Å². The molecule has 0 saturated carbocycles. The fourth-order valence-corrected chi connectivity index (χ4v) is 3.61. The molecule has 2 rings (SSSR count). The quantitative estimate of drug-likeness (QED) is 0.833. The van der Waals surface area contributed by atoms with E-state index in [1.807, 2.05) is 0 Å². The number of nitrogens with one attached hydrogen (secondary N) is 2. The van der Waals surface area contributed by atoms with Crippen LogP contribution in [0.5, 0.6) is 0 Å². The lowest BCUT2D eigenvalue weighted by Gasteiger charge is -2.12. The van der Waals surface area contributed by atoms with Gasteiger partial charge in [-0.25, -0.2) is 17.8 Å². The van der Waals surface area contributed by atoms with Crippen LogP contribution in [0.2, 0.25) is 5.02 Å². The zero-order valence-corrected chi connectivity index (χ0v) is 13.9. The smallest absolute Gasteiger partial charge is 0.265 e. The molecule has 0 amide bonds. The molecule has 0 unspecified atom stereocenters.